The molecule has 0 aromatic heterocycles. The minimum atomic E-state index is -1.93. The Morgan fingerprint density at radius 2 is 1.70 bits per heavy atom. The maximum Gasteiger partial charge on any atom is 0.326 e. The van der Waals surface area contributed by atoms with Crippen LogP contribution in [0.2, 0.25) is 5.02 Å². The van der Waals surface area contributed by atoms with Crippen LogP contribution in [0.4, 0.5) is 5.69 Å². The Bertz CT molecular complexity index is 956. The first-order chi connectivity index (χ1) is 11.1. The Balaban J connectivity index is 1.91. The molecule has 4 rings (SSSR count). The molecule has 114 valence electrons. The van der Waals surface area contributed by atoms with Crippen LogP contribution in [0.15, 0.2) is 60.7 Å². The molecule has 1 aliphatic heterocycles. The SMILES string of the molecule is O=C1c2c(ccc3ccccc23)OS(=O)N1c1ccc(Cl)cc1. The van der Waals surface area contributed by atoms with E-state index in [-0.39, 0.29) is 5.91 Å². The highest BCUT2D eigenvalue weighted by Crippen LogP contribution is 2.35. The summed E-state index contributed by atoms with van der Waals surface area (Å²) in [6.45, 7) is 0. The number of carbonyl (C=O) groups is 1. The van der Waals surface area contributed by atoms with Crippen LogP contribution < -0.4 is 8.49 Å². The summed E-state index contributed by atoms with van der Waals surface area (Å²) in [5, 5.41) is 2.23. The van der Waals surface area contributed by atoms with Gasteiger partial charge in [0.1, 0.15) is 0 Å². The lowest BCUT2D eigenvalue weighted by Gasteiger charge is -2.27. The smallest absolute Gasteiger partial charge is 0.326 e. The average Bonchev–Trinajstić information content (AvgIpc) is 2.56. The van der Waals surface area contributed by atoms with Crippen LogP contribution >= 0.6 is 11.6 Å². The van der Waals surface area contributed by atoms with E-state index in [0.29, 0.717) is 22.0 Å². The van der Waals surface area contributed by atoms with Gasteiger partial charge in [-0.1, -0.05) is 41.9 Å². The van der Waals surface area contributed by atoms with Crippen molar-refractivity contribution in [2.45, 2.75) is 0 Å². The Labute approximate surface area is 140 Å². The predicted molar refractivity (Wildman–Crippen MR) is 91.0 cm³/mol. The zero-order chi connectivity index (χ0) is 16.0. The lowest BCUT2D eigenvalue weighted by atomic mass is 10.0. The fourth-order valence-electron chi connectivity index (χ4n) is 2.60. The van der Waals surface area contributed by atoms with E-state index in [1.807, 2.05) is 30.3 Å². The molecule has 1 unspecified atom stereocenters. The van der Waals surface area contributed by atoms with E-state index in [1.165, 1.54) is 0 Å². The summed E-state index contributed by atoms with van der Waals surface area (Å²) in [4.78, 5) is 12.9. The third-order valence-electron chi connectivity index (χ3n) is 3.66. The largest absolute Gasteiger partial charge is 0.384 e. The molecular formula is C17H10ClNO3S. The van der Waals surface area contributed by atoms with Crippen LogP contribution in [0.25, 0.3) is 10.8 Å². The van der Waals surface area contributed by atoms with Gasteiger partial charge < -0.3 is 4.18 Å². The standard InChI is InChI=1S/C17H10ClNO3S/c18-12-6-8-13(9-7-12)19-17(20)16-14-4-2-1-3-11(14)5-10-15(16)22-23(19)21/h1-10H. The summed E-state index contributed by atoms with van der Waals surface area (Å²) in [5.41, 5.74) is 0.883. The lowest BCUT2D eigenvalue weighted by molar-refractivity contribution is 0.100. The van der Waals surface area contributed by atoms with E-state index in [1.54, 1.807) is 30.3 Å². The fraction of sp³-hybridized carbons (Fsp3) is 0. The molecular weight excluding hydrogens is 334 g/mol. The number of hydrogen-bond donors (Lipinski definition) is 0. The molecule has 6 heteroatoms. The molecule has 4 nitrogen and oxygen atoms in total. The number of benzene rings is 3. The summed E-state index contributed by atoms with van der Waals surface area (Å²) in [7, 11) is 0. The predicted octanol–water partition coefficient (Wildman–Crippen LogP) is 4.11. The van der Waals surface area contributed by atoms with Crippen LogP contribution in [-0.4, -0.2) is 10.1 Å². The number of fused-ring (bicyclic) bond motifs is 3. The van der Waals surface area contributed by atoms with Gasteiger partial charge in [-0.25, -0.2) is 0 Å². The second kappa shape index (κ2) is 5.37. The van der Waals surface area contributed by atoms with Gasteiger partial charge in [0.05, 0.1) is 11.3 Å². The van der Waals surface area contributed by atoms with Crippen molar-refractivity contribution in [2.75, 3.05) is 4.31 Å². The molecule has 0 N–H and O–H groups in total. The monoisotopic (exact) mass is 343 g/mol. The summed E-state index contributed by atoms with van der Waals surface area (Å²) in [6.07, 6.45) is 0. The lowest BCUT2D eigenvalue weighted by Crippen LogP contribution is -2.39. The van der Waals surface area contributed by atoms with E-state index in [0.717, 1.165) is 15.1 Å². The molecule has 0 saturated heterocycles. The van der Waals surface area contributed by atoms with E-state index in [4.69, 9.17) is 15.8 Å². The van der Waals surface area contributed by atoms with Gasteiger partial charge >= 0.3 is 11.3 Å². The number of anilines is 1. The topological polar surface area (TPSA) is 46.6 Å². The number of carbonyl (C=O) groups excluding carboxylic acids is 1. The third kappa shape index (κ3) is 2.29. The van der Waals surface area contributed by atoms with Crippen molar-refractivity contribution in [3.05, 3.63) is 71.2 Å². The van der Waals surface area contributed by atoms with Gasteiger partial charge in [0.2, 0.25) is 0 Å². The van der Waals surface area contributed by atoms with E-state index < -0.39 is 11.3 Å². The molecule has 0 fully saturated rings. The van der Waals surface area contributed by atoms with Gasteiger partial charge in [0.25, 0.3) is 5.91 Å². The molecule has 1 atom stereocenters. The maximum absolute atomic E-state index is 12.9. The number of halogens is 1. The first-order valence-electron chi connectivity index (χ1n) is 6.87. The van der Waals surface area contributed by atoms with Crippen LogP contribution in [0.1, 0.15) is 10.4 Å². The second-order valence-corrected chi connectivity index (χ2v) is 6.44. The van der Waals surface area contributed by atoms with Crippen molar-refractivity contribution in [1.29, 1.82) is 0 Å². The summed E-state index contributed by atoms with van der Waals surface area (Å²) in [6, 6.07) is 17.6. The van der Waals surface area contributed by atoms with Crippen molar-refractivity contribution >= 4 is 45.2 Å². The van der Waals surface area contributed by atoms with Crippen molar-refractivity contribution in [1.82, 2.24) is 0 Å². The molecule has 0 aliphatic carbocycles. The van der Waals surface area contributed by atoms with E-state index in [9.17, 15) is 9.00 Å². The molecule has 1 amide bonds. The van der Waals surface area contributed by atoms with Gasteiger partial charge in [-0.05, 0) is 41.1 Å². The number of hydrogen-bond acceptors (Lipinski definition) is 3. The third-order valence-corrected chi connectivity index (χ3v) is 4.91. The van der Waals surface area contributed by atoms with Crippen molar-refractivity contribution in [3.8, 4) is 5.75 Å². The van der Waals surface area contributed by atoms with Gasteiger partial charge in [0, 0.05) is 5.02 Å². The quantitative estimate of drug-likeness (QED) is 0.668. The van der Waals surface area contributed by atoms with Gasteiger partial charge in [0.15, 0.2) is 5.75 Å². The molecule has 23 heavy (non-hydrogen) atoms. The van der Waals surface area contributed by atoms with Gasteiger partial charge in [-0.3, -0.25) is 4.79 Å². The molecule has 1 heterocycles. The molecule has 0 saturated carbocycles. The van der Waals surface area contributed by atoms with E-state index >= 15 is 0 Å². The number of nitrogens with zero attached hydrogens (tertiary/aromatic N) is 1. The summed E-state index contributed by atoms with van der Waals surface area (Å²) in [5.74, 6) is -0.0269. The van der Waals surface area contributed by atoms with Crippen LogP contribution in [0, 0.1) is 0 Å². The second-order valence-electron chi connectivity index (χ2n) is 5.04. The van der Waals surface area contributed by atoms with E-state index in [2.05, 4.69) is 0 Å². The van der Waals surface area contributed by atoms with Gasteiger partial charge in [-0.2, -0.15) is 8.51 Å². The highest BCUT2D eigenvalue weighted by molar-refractivity contribution is 7.83. The normalized spacial score (nSPS) is 17.0. The van der Waals surface area contributed by atoms with Crippen LogP contribution in [-0.2, 0) is 11.3 Å². The van der Waals surface area contributed by atoms with Crippen molar-refractivity contribution in [2.24, 2.45) is 0 Å². The van der Waals surface area contributed by atoms with Crippen LogP contribution in [0.5, 0.6) is 5.75 Å². The minimum absolute atomic E-state index is 0.331. The average molecular weight is 344 g/mol. The molecule has 0 bridgehead atoms. The number of amides is 1. The first kappa shape index (κ1) is 14.2. The minimum Gasteiger partial charge on any atom is -0.384 e. The zero-order valence-corrected chi connectivity index (χ0v) is 13.3. The summed E-state index contributed by atoms with van der Waals surface area (Å²) >= 11 is 3.94. The molecule has 1 aliphatic rings. The molecule has 3 aromatic rings. The number of rotatable bonds is 1. The van der Waals surface area contributed by atoms with Crippen LogP contribution in [0.3, 0.4) is 0 Å². The Morgan fingerprint density at radius 1 is 0.957 bits per heavy atom. The maximum atomic E-state index is 12.9. The fourth-order valence-corrected chi connectivity index (χ4v) is 3.62. The first-order valence-corrected chi connectivity index (χ1v) is 8.28. The molecule has 3 aromatic carbocycles. The van der Waals surface area contributed by atoms with Crippen molar-refractivity contribution in [3.63, 3.8) is 0 Å². The molecule has 0 spiro atoms. The van der Waals surface area contributed by atoms with Gasteiger partial charge in [-0.15, -0.1) is 0 Å². The highest BCUT2D eigenvalue weighted by Gasteiger charge is 2.34. The Kier molecular flexibility index (Phi) is 3.32. The van der Waals surface area contributed by atoms with Crippen molar-refractivity contribution < 1.29 is 13.2 Å². The zero-order valence-electron chi connectivity index (χ0n) is 11.7. The Hall–Kier alpha value is -2.37. The Morgan fingerprint density at radius 3 is 2.48 bits per heavy atom. The summed E-state index contributed by atoms with van der Waals surface area (Å²) < 4.78 is 18.9. The highest BCUT2D eigenvalue weighted by atomic mass is 35.5. The molecule has 0 radical (unpaired) electrons.